The average molecular weight is 162 g/mol. The SMILES string of the molecule is CCC(C)(C)C(=O)OSC. The van der Waals surface area contributed by atoms with E-state index in [4.69, 9.17) is 4.18 Å². The van der Waals surface area contributed by atoms with E-state index >= 15 is 0 Å². The maximum Gasteiger partial charge on any atom is 0.323 e. The summed E-state index contributed by atoms with van der Waals surface area (Å²) in [5.41, 5.74) is -0.330. The van der Waals surface area contributed by atoms with E-state index in [1.165, 1.54) is 0 Å². The Hall–Kier alpha value is -0.180. The van der Waals surface area contributed by atoms with Crippen molar-refractivity contribution in [2.24, 2.45) is 5.41 Å². The van der Waals surface area contributed by atoms with E-state index in [-0.39, 0.29) is 11.4 Å². The van der Waals surface area contributed by atoms with Crippen LogP contribution >= 0.6 is 12.0 Å². The van der Waals surface area contributed by atoms with Gasteiger partial charge in [-0.3, -0.25) is 4.79 Å². The lowest BCUT2D eigenvalue weighted by Gasteiger charge is -2.18. The lowest BCUT2D eigenvalue weighted by atomic mass is 9.91. The Kier molecular flexibility index (Phi) is 3.79. The van der Waals surface area contributed by atoms with Gasteiger partial charge in [0.25, 0.3) is 0 Å². The molecule has 0 amide bonds. The van der Waals surface area contributed by atoms with Crippen molar-refractivity contribution in [3.63, 3.8) is 0 Å². The van der Waals surface area contributed by atoms with Gasteiger partial charge in [-0.15, -0.1) is 0 Å². The predicted octanol–water partition coefficient (Wildman–Crippen LogP) is 2.24. The fourth-order valence-electron chi connectivity index (χ4n) is 0.333. The van der Waals surface area contributed by atoms with Crippen molar-refractivity contribution in [1.82, 2.24) is 0 Å². The van der Waals surface area contributed by atoms with Crippen LogP contribution in [0.15, 0.2) is 0 Å². The van der Waals surface area contributed by atoms with Gasteiger partial charge in [0, 0.05) is 6.26 Å². The van der Waals surface area contributed by atoms with Gasteiger partial charge in [0.15, 0.2) is 0 Å². The molecule has 0 aromatic carbocycles. The third kappa shape index (κ3) is 2.60. The zero-order chi connectivity index (χ0) is 8.20. The smallest absolute Gasteiger partial charge is 0.323 e. The molecule has 10 heavy (non-hydrogen) atoms. The lowest BCUT2D eigenvalue weighted by Crippen LogP contribution is -2.23. The van der Waals surface area contributed by atoms with Crippen molar-refractivity contribution in [3.05, 3.63) is 0 Å². The summed E-state index contributed by atoms with van der Waals surface area (Å²) in [6.45, 7) is 5.73. The first-order chi connectivity index (χ1) is 4.54. The molecule has 0 saturated carbocycles. The van der Waals surface area contributed by atoms with Crippen molar-refractivity contribution in [1.29, 1.82) is 0 Å². The van der Waals surface area contributed by atoms with Crippen molar-refractivity contribution < 1.29 is 8.98 Å². The molecular formula is C7H14O2S. The van der Waals surface area contributed by atoms with Gasteiger partial charge in [0.05, 0.1) is 17.5 Å². The standard InChI is InChI=1S/C7H14O2S/c1-5-7(2,3)6(8)9-10-4/h5H2,1-4H3. The fraction of sp³-hybridized carbons (Fsp3) is 0.857. The van der Waals surface area contributed by atoms with Crippen LogP contribution in [0.1, 0.15) is 27.2 Å². The van der Waals surface area contributed by atoms with Gasteiger partial charge in [-0.1, -0.05) is 6.92 Å². The minimum absolute atomic E-state index is 0.137. The highest BCUT2D eigenvalue weighted by molar-refractivity contribution is 7.94. The maximum absolute atomic E-state index is 11.1. The third-order valence-corrected chi connectivity index (χ3v) is 1.91. The Morgan fingerprint density at radius 2 is 2.10 bits per heavy atom. The molecule has 0 unspecified atom stereocenters. The minimum Gasteiger partial charge on any atom is -0.391 e. The molecule has 0 N–H and O–H groups in total. The Morgan fingerprint density at radius 3 is 2.40 bits per heavy atom. The van der Waals surface area contributed by atoms with Crippen molar-refractivity contribution in [2.75, 3.05) is 6.26 Å². The average Bonchev–Trinajstić information content (AvgIpc) is 1.89. The molecule has 0 aromatic heterocycles. The highest BCUT2D eigenvalue weighted by Gasteiger charge is 2.26. The van der Waals surface area contributed by atoms with Gasteiger partial charge < -0.3 is 4.18 Å². The van der Waals surface area contributed by atoms with Gasteiger partial charge in [0.2, 0.25) is 0 Å². The van der Waals surface area contributed by atoms with E-state index in [0.29, 0.717) is 0 Å². The van der Waals surface area contributed by atoms with Crippen LogP contribution in [0.3, 0.4) is 0 Å². The molecule has 0 heterocycles. The largest absolute Gasteiger partial charge is 0.391 e. The van der Waals surface area contributed by atoms with Gasteiger partial charge in [-0.2, -0.15) is 0 Å². The predicted molar refractivity (Wildman–Crippen MR) is 43.7 cm³/mol. The molecule has 0 spiro atoms. The Bertz CT molecular complexity index is 121. The number of carbonyl (C=O) groups is 1. The van der Waals surface area contributed by atoms with Crippen LogP contribution in [-0.4, -0.2) is 12.2 Å². The highest BCUT2D eigenvalue weighted by Crippen LogP contribution is 2.23. The second-order valence-electron chi connectivity index (χ2n) is 2.77. The molecule has 0 aliphatic rings. The third-order valence-electron chi connectivity index (χ3n) is 1.60. The number of hydrogen-bond acceptors (Lipinski definition) is 3. The molecule has 0 fully saturated rings. The van der Waals surface area contributed by atoms with Crippen LogP contribution in [0.5, 0.6) is 0 Å². The van der Waals surface area contributed by atoms with Crippen molar-refractivity contribution >= 4 is 18.0 Å². The van der Waals surface area contributed by atoms with E-state index in [9.17, 15) is 4.79 Å². The first-order valence-electron chi connectivity index (χ1n) is 3.29. The van der Waals surface area contributed by atoms with Crippen molar-refractivity contribution in [2.45, 2.75) is 27.2 Å². The van der Waals surface area contributed by atoms with Crippen LogP contribution in [0.2, 0.25) is 0 Å². The van der Waals surface area contributed by atoms with Crippen LogP contribution < -0.4 is 0 Å². The molecule has 2 nitrogen and oxygen atoms in total. The summed E-state index contributed by atoms with van der Waals surface area (Å²) in [5.74, 6) is -0.137. The Balaban J connectivity index is 3.91. The first-order valence-corrected chi connectivity index (χ1v) is 4.44. The summed E-state index contributed by atoms with van der Waals surface area (Å²) < 4.78 is 4.78. The first kappa shape index (κ1) is 9.82. The number of carbonyl (C=O) groups excluding carboxylic acids is 1. The van der Waals surface area contributed by atoms with E-state index in [0.717, 1.165) is 18.5 Å². The molecule has 3 heteroatoms. The molecule has 60 valence electrons. The zero-order valence-electron chi connectivity index (χ0n) is 6.93. The second-order valence-corrected chi connectivity index (χ2v) is 3.27. The lowest BCUT2D eigenvalue weighted by molar-refractivity contribution is -0.142. The van der Waals surface area contributed by atoms with Gasteiger partial charge in [0.1, 0.15) is 0 Å². The summed E-state index contributed by atoms with van der Waals surface area (Å²) in [6.07, 6.45) is 2.55. The Labute approximate surface area is 66.5 Å². The van der Waals surface area contributed by atoms with Crippen LogP contribution in [0.25, 0.3) is 0 Å². The van der Waals surface area contributed by atoms with E-state index < -0.39 is 0 Å². The fourth-order valence-corrected chi connectivity index (χ4v) is 0.710. The highest BCUT2D eigenvalue weighted by atomic mass is 32.2. The van der Waals surface area contributed by atoms with Crippen LogP contribution in [-0.2, 0) is 8.98 Å². The summed E-state index contributed by atoms with van der Waals surface area (Å²) in [6, 6.07) is 0. The summed E-state index contributed by atoms with van der Waals surface area (Å²) in [5, 5.41) is 0. The Morgan fingerprint density at radius 1 is 1.60 bits per heavy atom. The van der Waals surface area contributed by atoms with E-state index in [2.05, 4.69) is 0 Å². The quantitative estimate of drug-likeness (QED) is 0.595. The summed E-state index contributed by atoms with van der Waals surface area (Å²) >= 11 is 1.10. The molecule has 0 atom stereocenters. The summed E-state index contributed by atoms with van der Waals surface area (Å²) in [7, 11) is 0. The molecular weight excluding hydrogens is 148 g/mol. The van der Waals surface area contributed by atoms with Crippen LogP contribution in [0.4, 0.5) is 0 Å². The zero-order valence-corrected chi connectivity index (χ0v) is 7.75. The minimum atomic E-state index is -0.330. The maximum atomic E-state index is 11.1. The normalized spacial score (nSPS) is 11.2. The second kappa shape index (κ2) is 3.86. The van der Waals surface area contributed by atoms with Gasteiger partial charge in [-0.05, 0) is 20.3 Å². The number of rotatable bonds is 3. The van der Waals surface area contributed by atoms with E-state index in [1.807, 2.05) is 20.8 Å². The molecule has 0 aliphatic carbocycles. The number of hydrogen-bond donors (Lipinski definition) is 0. The monoisotopic (exact) mass is 162 g/mol. The molecule has 0 aliphatic heterocycles. The topological polar surface area (TPSA) is 26.3 Å². The van der Waals surface area contributed by atoms with Gasteiger partial charge in [-0.25, -0.2) is 0 Å². The molecule has 0 bridgehead atoms. The van der Waals surface area contributed by atoms with Gasteiger partial charge >= 0.3 is 5.97 Å². The summed E-state index contributed by atoms with van der Waals surface area (Å²) in [4.78, 5) is 11.1. The molecule has 0 rings (SSSR count). The van der Waals surface area contributed by atoms with Crippen LogP contribution in [0, 0.1) is 5.41 Å². The molecule has 0 aromatic rings. The van der Waals surface area contributed by atoms with Crippen molar-refractivity contribution in [3.8, 4) is 0 Å². The molecule has 0 radical (unpaired) electrons. The van der Waals surface area contributed by atoms with E-state index in [1.54, 1.807) is 6.26 Å². The molecule has 0 saturated heterocycles.